The maximum absolute atomic E-state index is 14.3. The first-order valence-corrected chi connectivity index (χ1v) is 14.1. The van der Waals surface area contributed by atoms with Crippen LogP contribution < -0.4 is 19.7 Å². The largest absolute Gasteiger partial charge is 0.480 e. The molecule has 13 heteroatoms. The van der Waals surface area contributed by atoms with Gasteiger partial charge in [-0.15, -0.1) is 0 Å². The van der Waals surface area contributed by atoms with E-state index in [4.69, 9.17) is 4.74 Å². The van der Waals surface area contributed by atoms with Crippen molar-refractivity contribution in [1.29, 1.82) is 0 Å². The summed E-state index contributed by atoms with van der Waals surface area (Å²) in [6.07, 6.45) is 5.19. The van der Waals surface area contributed by atoms with E-state index >= 15 is 0 Å². The Kier molecular flexibility index (Phi) is 6.50. The number of aromatic nitrogens is 3. The highest BCUT2D eigenvalue weighted by atomic mass is 32.2. The van der Waals surface area contributed by atoms with E-state index in [9.17, 15) is 21.6 Å². The lowest BCUT2D eigenvalue weighted by molar-refractivity contribution is 0.126. The third kappa shape index (κ3) is 4.68. The molecule has 2 aliphatic rings. The summed E-state index contributed by atoms with van der Waals surface area (Å²) in [5.41, 5.74) is 2.18. The van der Waals surface area contributed by atoms with Gasteiger partial charge in [0.2, 0.25) is 5.88 Å². The third-order valence-electron chi connectivity index (χ3n) is 7.59. The van der Waals surface area contributed by atoms with Crippen LogP contribution in [0.4, 0.5) is 24.7 Å². The fourth-order valence-electron chi connectivity index (χ4n) is 5.33. The molecule has 4 aromatic rings. The fraction of sp³-hybridized carbons (Fsp3) is 0.296. The van der Waals surface area contributed by atoms with E-state index in [0.717, 1.165) is 55.7 Å². The van der Waals surface area contributed by atoms with Gasteiger partial charge in [-0.1, -0.05) is 6.07 Å². The van der Waals surface area contributed by atoms with Gasteiger partial charge in [-0.3, -0.25) is 4.72 Å². The molecule has 0 atom stereocenters. The number of sulfonamides is 1. The van der Waals surface area contributed by atoms with Crippen LogP contribution in [0.15, 0.2) is 53.8 Å². The molecular weight excluding hydrogens is 545 g/mol. The van der Waals surface area contributed by atoms with Crippen LogP contribution in [0.3, 0.4) is 0 Å². The van der Waals surface area contributed by atoms with Crippen molar-refractivity contribution in [1.82, 2.24) is 20.3 Å². The summed E-state index contributed by atoms with van der Waals surface area (Å²) in [4.78, 5) is 14.1. The lowest BCUT2D eigenvalue weighted by Crippen LogP contribution is -2.58. The SMILES string of the molecule is COc1ncc(-c2ccc3ncnc(N4CCC5(CC4)CNC5)c3c2)cc1NS(=O)(=O)c1c(F)cc(F)cc1F. The normalized spacial score (nSPS) is 16.6. The number of ether oxygens (including phenoxy) is 1. The summed E-state index contributed by atoms with van der Waals surface area (Å²) in [5.74, 6) is -3.66. The van der Waals surface area contributed by atoms with Gasteiger partial charge in [-0.05, 0) is 42.0 Å². The highest BCUT2D eigenvalue weighted by Crippen LogP contribution is 2.38. The van der Waals surface area contributed by atoms with Crippen molar-refractivity contribution in [2.24, 2.45) is 5.41 Å². The Bertz CT molecular complexity index is 1700. The van der Waals surface area contributed by atoms with Gasteiger partial charge in [0.15, 0.2) is 4.90 Å². The van der Waals surface area contributed by atoms with E-state index < -0.39 is 32.4 Å². The van der Waals surface area contributed by atoms with Crippen molar-refractivity contribution in [3.8, 4) is 17.0 Å². The van der Waals surface area contributed by atoms with Crippen molar-refractivity contribution >= 4 is 32.4 Å². The Morgan fingerprint density at radius 1 is 0.975 bits per heavy atom. The standard InChI is InChI=1S/C27H25F3N6O3S/c1-39-26-23(35-40(37,38)24-20(29)10-18(28)11-21(24)30)9-17(12-32-26)16-2-3-22-19(8-16)25(34-15-33-22)36-6-4-27(5-7-36)13-31-14-27/h2-3,8-12,15,31,35H,4-7,13-14H2,1H3. The lowest BCUT2D eigenvalue weighted by Gasteiger charge is -2.48. The second kappa shape index (κ2) is 9.89. The molecule has 0 radical (unpaired) electrons. The van der Waals surface area contributed by atoms with Crippen molar-refractivity contribution in [2.45, 2.75) is 17.7 Å². The summed E-state index contributed by atoms with van der Waals surface area (Å²) in [7, 11) is -3.53. The number of fused-ring (bicyclic) bond motifs is 1. The van der Waals surface area contributed by atoms with Crippen molar-refractivity contribution < 1.29 is 26.3 Å². The first-order chi connectivity index (χ1) is 19.2. The van der Waals surface area contributed by atoms with Crippen LogP contribution >= 0.6 is 0 Å². The third-order valence-corrected chi connectivity index (χ3v) is 9.01. The average molecular weight is 571 g/mol. The molecule has 208 valence electrons. The molecule has 0 amide bonds. The van der Waals surface area contributed by atoms with E-state index in [0.29, 0.717) is 28.7 Å². The second-order valence-corrected chi connectivity index (χ2v) is 11.7. The van der Waals surface area contributed by atoms with Crippen LogP contribution in [-0.4, -0.2) is 56.7 Å². The van der Waals surface area contributed by atoms with Gasteiger partial charge < -0.3 is 15.0 Å². The lowest BCUT2D eigenvalue weighted by atomic mass is 9.73. The first kappa shape index (κ1) is 26.3. The predicted molar refractivity (Wildman–Crippen MR) is 143 cm³/mol. The molecule has 1 spiro atoms. The highest BCUT2D eigenvalue weighted by molar-refractivity contribution is 7.92. The highest BCUT2D eigenvalue weighted by Gasteiger charge is 2.40. The topological polar surface area (TPSA) is 109 Å². The number of halogens is 3. The summed E-state index contributed by atoms with van der Waals surface area (Å²) in [5, 5.41) is 4.20. The number of rotatable bonds is 6. The monoisotopic (exact) mass is 570 g/mol. The molecule has 2 fully saturated rings. The van der Waals surface area contributed by atoms with E-state index in [-0.39, 0.29) is 11.6 Å². The van der Waals surface area contributed by atoms with Crippen molar-refractivity contribution in [3.63, 3.8) is 0 Å². The number of nitrogens with zero attached hydrogens (tertiary/aromatic N) is 4. The summed E-state index contributed by atoms with van der Waals surface area (Å²) < 4.78 is 75.0. The maximum atomic E-state index is 14.3. The molecule has 6 rings (SSSR count). The Balaban J connectivity index is 1.35. The summed E-state index contributed by atoms with van der Waals surface area (Å²) in [6.45, 7) is 3.86. The molecule has 0 saturated carbocycles. The zero-order chi connectivity index (χ0) is 28.1. The average Bonchev–Trinajstić information content (AvgIpc) is 2.90. The number of hydrogen-bond donors (Lipinski definition) is 2. The summed E-state index contributed by atoms with van der Waals surface area (Å²) in [6, 6.07) is 7.59. The van der Waals surface area contributed by atoms with E-state index in [1.54, 1.807) is 6.33 Å². The van der Waals surface area contributed by atoms with Gasteiger partial charge in [0.1, 0.15) is 35.3 Å². The molecule has 2 N–H and O–H groups in total. The summed E-state index contributed by atoms with van der Waals surface area (Å²) >= 11 is 0. The number of nitrogens with one attached hydrogen (secondary N) is 2. The van der Waals surface area contributed by atoms with Crippen molar-refractivity contribution in [3.05, 3.63) is 66.4 Å². The van der Waals surface area contributed by atoms with E-state index in [2.05, 4.69) is 29.9 Å². The minimum Gasteiger partial charge on any atom is -0.480 e. The molecule has 9 nitrogen and oxygen atoms in total. The zero-order valence-corrected chi connectivity index (χ0v) is 22.2. The minimum absolute atomic E-state index is 0.118. The number of benzene rings is 2. The number of hydrogen-bond acceptors (Lipinski definition) is 8. The van der Waals surface area contributed by atoms with Crippen LogP contribution in [0.2, 0.25) is 0 Å². The molecule has 2 aromatic carbocycles. The van der Waals surface area contributed by atoms with Gasteiger partial charge in [0, 0.05) is 55.5 Å². The van der Waals surface area contributed by atoms with Crippen LogP contribution in [0.5, 0.6) is 5.88 Å². The Morgan fingerprint density at radius 2 is 1.70 bits per heavy atom. The van der Waals surface area contributed by atoms with Crippen LogP contribution in [0.25, 0.3) is 22.0 Å². The zero-order valence-electron chi connectivity index (χ0n) is 21.4. The number of anilines is 2. The van der Waals surface area contributed by atoms with Gasteiger partial charge in [0.25, 0.3) is 10.0 Å². The van der Waals surface area contributed by atoms with Crippen LogP contribution in [0, 0.1) is 22.9 Å². The predicted octanol–water partition coefficient (Wildman–Crippen LogP) is 4.11. The molecule has 0 bridgehead atoms. The van der Waals surface area contributed by atoms with E-state index in [1.807, 2.05) is 18.2 Å². The molecule has 2 aliphatic heterocycles. The molecule has 0 unspecified atom stereocenters. The molecule has 0 aliphatic carbocycles. The van der Waals surface area contributed by atoms with Gasteiger partial charge in [-0.25, -0.2) is 36.5 Å². The first-order valence-electron chi connectivity index (χ1n) is 12.6. The molecule has 2 aromatic heterocycles. The number of pyridine rings is 1. The smallest absolute Gasteiger partial charge is 0.267 e. The number of methoxy groups -OCH3 is 1. The Hall–Kier alpha value is -3.97. The second-order valence-electron chi connectivity index (χ2n) is 10.1. The molecular formula is C27H25F3N6O3S. The number of piperidine rings is 1. The van der Waals surface area contributed by atoms with Gasteiger partial charge in [0.05, 0.1) is 12.6 Å². The fourth-order valence-corrected chi connectivity index (χ4v) is 6.50. The molecule has 40 heavy (non-hydrogen) atoms. The maximum Gasteiger partial charge on any atom is 0.267 e. The quantitative estimate of drug-likeness (QED) is 0.357. The van der Waals surface area contributed by atoms with Gasteiger partial charge in [-0.2, -0.15) is 0 Å². The molecule has 2 saturated heterocycles. The minimum atomic E-state index is -4.80. The van der Waals surface area contributed by atoms with Crippen molar-refractivity contribution in [2.75, 3.05) is 42.9 Å². The molecule has 4 heterocycles. The van der Waals surface area contributed by atoms with Gasteiger partial charge >= 0.3 is 0 Å². The Labute approximate surface area is 228 Å². The van der Waals surface area contributed by atoms with Crippen LogP contribution in [0.1, 0.15) is 12.8 Å². The van der Waals surface area contributed by atoms with E-state index in [1.165, 1.54) is 19.4 Å². The Morgan fingerprint density at radius 3 is 2.35 bits per heavy atom. The van der Waals surface area contributed by atoms with Crippen LogP contribution in [-0.2, 0) is 10.0 Å².